The lowest BCUT2D eigenvalue weighted by atomic mass is 9.86. The van der Waals surface area contributed by atoms with Crippen LogP contribution < -0.4 is 4.74 Å². The first kappa shape index (κ1) is 21.6. The number of piperazine rings is 1. The van der Waals surface area contributed by atoms with Crippen LogP contribution in [0.25, 0.3) is 0 Å². The number of hydrogen-bond donors (Lipinski definition) is 1. The topological polar surface area (TPSA) is 73.3 Å². The lowest BCUT2D eigenvalue weighted by molar-refractivity contribution is -0.137. The zero-order chi connectivity index (χ0) is 20.8. The number of aliphatic carboxylic acids is 1. The largest absolute Gasteiger partial charge is 0.493 e. The Balaban J connectivity index is 1.72. The molecule has 2 atom stereocenters. The molecule has 7 heteroatoms. The number of carboxylic acids is 1. The highest BCUT2D eigenvalue weighted by atomic mass is 16.5. The lowest BCUT2D eigenvalue weighted by Crippen LogP contribution is -2.57. The highest BCUT2D eigenvalue weighted by Crippen LogP contribution is 2.29. The number of hydrogen-bond acceptors (Lipinski definition) is 5. The van der Waals surface area contributed by atoms with Gasteiger partial charge in [0.15, 0.2) is 0 Å². The first-order valence-corrected chi connectivity index (χ1v) is 10.6. The van der Waals surface area contributed by atoms with Crippen LogP contribution in [0.3, 0.4) is 0 Å². The summed E-state index contributed by atoms with van der Waals surface area (Å²) in [5.74, 6) is -0.00629. The fourth-order valence-corrected chi connectivity index (χ4v) is 4.53. The van der Waals surface area contributed by atoms with Gasteiger partial charge in [0.05, 0.1) is 12.2 Å². The quantitative estimate of drug-likeness (QED) is 0.751. The number of para-hydroxylation sites is 1. The predicted molar refractivity (Wildman–Crippen MR) is 111 cm³/mol. The van der Waals surface area contributed by atoms with Gasteiger partial charge >= 0.3 is 5.97 Å². The summed E-state index contributed by atoms with van der Waals surface area (Å²) < 4.78 is 5.64. The molecule has 0 spiro atoms. The van der Waals surface area contributed by atoms with Crippen LogP contribution in [0.1, 0.15) is 36.5 Å². The SMILES string of the molecule is CCOc1ccccc1C(=O)N1CCC(N2CCN(C)CC2)C(CCC(=O)O)C1. The minimum atomic E-state index is -0.771. The highest BCUT2D eigenvalue weighted by molar-refractivity contribution is 5.97. The Hall–Kier alpha value is -2.12. The van der Waals surface area contributed by atoms with Gasteiger partial charge in [-0.05, 0) is 44.9 Å². The van der Waals surface area contributed by atoms with Crippen molar-refractivity contribution in [1.82, 2.24) is 14.7 Å². The van der Waals surface area contributed by atoms with Crippen molar-refractivity contribution < 1.29 is 19.4 Å². The Morgan fingerprint density at radius 1 is 1.14 bits per heavy atom. The van der Waals surface area contributed by atoms with Crippen LogP contribution >= 0.6 is 0 Å². The smallest absolute Gasteiger partial charge is 0.303 e. The number of carbonyl (C=O) groups is 2. The molecule has 0 saturated carbocycles. The Kier molecular flexibility index (Phi) is 7.50. The van der Waals surface area contributed by atoms with E-state index in [0.717, 1.165) is 32.6 Å². The van der Waals surface area contributed by atoms with Crippen molar-refractivity contribution in [2.75, 3.05) is 52.9 Å². The molecule has 29 heavy (non-hydrogen) atoms. The number of carbonyl (C=O) groups excluding carboxylic acids is 1. The maximum Gasteiger partial charge on any atom is 0.303 e. The number of rotatable bonds is 7. The molecule has 2 unspecified atom stereocenters. The molecule has 1 aromatic carbocycles. The van der Waals surface area contributed by atoms with Gasteiger partial charge in [-0.2, -0.15) is 0 Å². The number of ether oxygens (including phenoxy) is 1. The number of benzene rings is 1. The molecule has 1 amide bonds. The molecule has 160 valence electrons. The fraction of sp³-hybridized carbons (Fsp3) is 0.636. The molecule has 0 bridgehead atoms. The molecule has 1 N–H and O–H groups in total. The maximum atomic E-state index is 13.2. The van der Waals surface area contributed by atoms with Gasteiger partial charge in [0.25, 0.3) is 5.91 Å². The van der Waals surface area contributed by atoms with Crippen molar-refractivity contribution in [1.29, 1.82) is 0 Å². The molecule has 7 nitrogen and oxygen atoms in total. The van der Waals surface area contributed by atoms with Crippen LogP contribution in [0.5, 0.6) is 5.75 Å². The first-order chi connectivity index (χ1) is 14.0. The van der Waals surface area contributed by atoms with E-state index >= 15 is 0 Å². The van der Waals surface area contributed by atoms with Gasteiger partial charge in [-0.15, -0.1) is 0 Å². The average molecular weight is 404 g/mol. The second kappa shape index (κ2) is 10.1. The van der Waals surface area contributed by atoms with Crippen molar-refractivity contribution in [3.05, 3.63) is 29.8 Å². The molecule has 1 aromatic rings. The van der Waals surface area contributed by atoms with E-state index in [2.05, 4.69) is 16.8 Å². The van der Waals surface area contributed by atoms with E-state index in [9.17, 15) is 14.7 Å². The minimum absolute atomic E-state index is 0.0220. The summed E-state index contributed by atoms with van der Waals surface area (Å²) in [4.78, 5) is 31.1. The Bertz CT molecular complexity index is 703. The zero-order valence-corrected chi connectivity index (χ0v) is 17.5. The third kappa shape index (κ3) is 5.48. The summed E-state index contributed by atoms with van der Waals surface area (Å²) in [5, 5.41) is 9.21. The number of piperidine rings is 1. The van der Waals surface area contributed by atoms with Crippen LogP contribution in [0.2, 0.25) is 0 Å². The van der Waals surface area contributed by atoms with E-state index in [1.165, 1.54) is 0 Å². The molecular weight excluding hydrogens is 370 g/mol. The molecule has 2 saturated heterocycles. The van der Waals surface area contributed by atoms with Gasteiger partial charge < -0.3 is 19.6 Å². The van der Waals surface area contributed by atoms with Crippen molar-refractivity contribution in [2.45, 2.75) is 32.2 Å². The Morgan fingerprint density at radius 2 is 1.86 bits per heavy atom. The second-order valence-electron chi connectivity index (χ2n) is 8.07. The van der Waals surface area contributed by atoms with Gasteiger partial charge in [-0.25, -0.2) is 0 Å². The van der Waals surface area contributed by atoms with Gasteiger partial charge in [0.2, 0.25) is 0 Å². The summed E-state index contributed by atoms with van der Waals surface area (Å²) in [6, 6.07) is 7.71. The molecule has 0 aliphatic carbocycles. The Labute approximate surface area is 173 Å². The molecule has 2 fully saturated rings. The van der Waals surface area contributed by atoms with Crippen LogP contribution in [-0.2, 0) is 4.79 Å². The number of nitrogens with zero attached hydrogens (tertiary/aromatic N) is 3. The molecule has 0 aromatic heterocycles. The van der Waals surface area contributed by atoms with Gasteiger partial charge in [0.1, 0.15) is 5.75 Å². The molecular formula is C22H33N3O4. The maximum absolute atomic E-state index is 13.2. The molecule has 2 aliphatic rings. The summed E-state index contributed by atoms with van der Waals surface area (Å²) in [6.45, 7) is 7.79. The van der Waals surface area contributed by atoms with Gasteiger partial charge in [-0.3, -0.25) is 14.5 Å². The van der Waals surface area contributed by atoms with Gasteiger partial charge in [-0.1, -0.05) is 12.1 Å². The van der Waals surface area contributed by atoms with Crippen molar-refractivity contribution in [3.8, 4) is 5.75 Å². The van der Waals surface area contributed by atoms with Crippen molar-refractivity contribution in [3.63, 3.8) is 0 Å². The normalized spacial score (nSPS) is 23.7. The standard InChI is InChI=1S/C22H33N3O4/c1-3-29-20-7-5-4-6-18(20)22(28)25-11-10-19(17(16-25)8-9-21(26)27)24-14-12-23(2)13-15-24/h4-7,17,19H,3,8-16H2,1-2H3,(H,26,27). The third-order valence-corrected chi connectivity index (χ3v) is 6.13. The minimum Gasteiger partial charge on any atom is -0.493 e. The van der Waals surface area contributed by atoms with Crippen LogP contribution in [0, 0.1) is 5.92 Å². The fourth-order valence-electron chi connectivity index (χ4n) is 4.53. The second-order valence-corrected chi connectivity index (χ2v) is 8.07. The van der Waals surface area contributed by atoms with Crippen molar-refractivity contribution >= 4 is 11.9 Å². The van der Waals surface area contributed by atoms with Crippen LogP contribution in [-0.4, -0.2) is 90.6 Å². The number of likely N-dealkylation sites (tertiary alicyclic amines) is 1. The Morgan fingerprint density at radius 3 is 2.55 bits per heavy atom. The zero-order valence-electron chi connectivity index (χ0n) is 17.5. The number of carboxylic acid groups (broad SMARTS) is 1. The summed E-state index contributed by atoms with van der Waals surface area (Å²) >= 11 is 0. The van der Waals surface area contributed by atoms with Crippen LogP contribution in [0.15, 0.2) is 24.3 Å². The van der Waals surface area contributed by atoms with Gasteiger partial charge in [0, 0.05) is 51.7 Å². The van der Waals surface area contributed by atoms with E-state index in [0.29, 0.717) is 43.5 Å². The first-order valence-electron chi connectivity index (χ1n) is 10.6. The summed E-state index contributed by atoms with van der Waals surface area (Å²) in [5.41, 5.74) is 0.587. The van der Waals surface area contributed by atoms with E-state index in [1.54, 1.807) is 0 Å². The molecule has 2 heterocycles. The lowest BCUT2D eigenvalue weighted by Gasteiger charge is -2.46. The highest BCUT2D eigenvalue weighted by Gasteiger charge is 2.36. The predicted octanol–water partition coefficient (Wildman–Crippen LogP) is 2.03. The van der Waals surface area contributed by atoms with E-state index < -0.39 is 5.97 Å². The number of likely N-dealkylation sites (N-methyl/N-ethyl adjacent to an activating group) is 1. The average Bonchev–Trinajstić information content (AvgIpc) is 2.73. The van der Waals surface area contributed by atoms with Crippen molar-refractivity contribution in [2.24, 2.45) is 5.92 Å². The van der Waals surface area contributed by atoms with E-state index in [-0.39, 0.29) is 18.2 Å². The molecule has 2 aliphatic heterocycles. The third-order valence-electron chi connectivity index (χ3n) is 6.13. The summed E-state index contributed by atoms with van der Waals surface area (Å²) in [7, 11) is 2.14. The number of amides is 1. The van der Waals surface area contributed by atoms with E-state index in [1.807, 2.05) is 36.1 Å². The van der Waals surface area contributed by atoms with E-state index in [4.69, 9.17) is 4.74 Å². The monoisotopic (exact) mass is 403 g/mol. The van der Waals surface area contributed by atoms with Crippen LogP contribution in [0.4, 0.5) is 0 Å². The molecule has 0 radical (unpaired) electrons. The molecule has 3 rings (SSSR count). The summed E-state index contributed by atoms with van der Waals surface area (Å²) in [6.07, 6.45) is 1.63.